The van der Waals surface area contributed by atoms with Gasteiger partial charge in [0.1, 0.15) is 11.6 Å². The highest BCUT2D eigenvalue weighted by molar-refractivity contribution is 9.10. The van der Waals surface area contributed by atoms with Crippen molar-refractivity contribution in [3.05, 3.63) is 57.6 Å². The molecule has 110 valence electrons. The molecule has 0 aromatic heterocycles. The van der Waals surface area contributed by atoms with Crippen LogP contribution in [0.5, 0.6) is 0 Å². The minimum absolute atomic E-state index is 0.0585. The predicted octanol–water partition coefficient (Wildman–Crippen LogP) is 4.90. The number of hydrogen-bond acceptors (Lipinski definition) is 3. The van der Waals surface area contributed by atoms with Crippen molar-refractivity contribution >= 4 is 43.5 Å². The van der Waals surface area contributed by atoms with Gasteiger partial charge in [-0.1, -0.05) is 15.9 Å². The maximum absolute atomic E-state index is 12.6. The third kappa shape index (κ3) is 4.99. The highest BCUT2D eigenvalue weighted by Crippen LogP contribution is 2.20. The predicted molar refractivity (Wildman–Crippen MR) is 86.9 cm³/mol. The number of rotatable bonds is 1. The summed E-state index contributed by atoms with van der Waals surface area (Å²) in [4.78, 5) is 0. The van der Waals surface area contributed by atoms with Crippen molar-refractivity contribution < 1.29 is 8.78 Å². The van der Waals surface area contributed by atoms with Gasteiger partial charge in [0.25, 0.3) is 0 Å². The van der Waals surface area contributed by atoms with E-state index in [1.54, 1.807) is 18.2 Å². The Morgan fingerprint density at radius 2 is 1.76 bits per heavy atom. The monoisotopic (exact) mass is 417 g/mol. The molecule has 0 radical (unpaired) electrons. The largest absolute Gasteiger partial charge is 0.397 e. The Morgan fingerprint density at radius 3 is 2.19 bits per heavy atom. The van der Waals surface area contributed by atoms with Gasteiger partial charge in [-0.2, -0.15) is 5.26 Å². The summed E-state index contributed by atoms with van der Waals surface area (Å²) in [5, 5.41) is 8.49. The van der Waals surface area contributed by atoms with Gasteiger partial charge < -0.3 is 10.1 Å². The first-order valence-electron chi connectivity index (χ1n) is 5.66. The maximum atomic E-state index is 12.6. The van der Waals surface area contributed by atoms with Gasteiger partial charge in [0, 0.05) is 26.2 Å². The van der Waals surface area contributed by atoms with Crippen molar-refractivity contribution in [2.24, 2.45) is 0 Å². The minimum Gasteiger partial charge on any atom is -0.397 e. The molecule has 0 heterocycles. The van der Waals surface area contributed by atoms with Gasteiger partial charge in [0.05, 0.1) is 23.0 Å². The van der Waals surface area contributed by atoms with Crippen LogP contribution < -0.4 is 10.1 Å². The van der Waals surface area contributed by atoms with Crippen LogP contribution in [0.3, 0.4) is 0 Å². The molecular weight excluding hydrogens is 408 g/mol. The van der Waals surface area contributed by atoms with Crippen LogP contribution in [-0.2, 0) is 0 Å². The Morgan fingerprint density at radius 1 is 1.19 bits per heavy atom. The van der Waals surface area contributed by atoms with Gasteiger partial charge in [-0.05, 0) is 37.3 Å². The van der Waals surface area contributed by atoms with Crippen molar-refractivity contribution in [2.75, 3.05) is 10.1 Å². The number of anilines is 2. The zero-order chi connectivity index (χ0) is 16.0. The molecule has 0 aliphatic rings. The molecule has 0 fully saturated rings. The summed E-state index contributed by atoms with van der Waals surface area (Å²) < 4.78 is 28.3. The summed E-state index contributed by atoms with van der Waals surface area (Å²) in [5.74, 6) is -1.04. The van der Waals surface area contributed by atoms with Gasteiger partial charge >= 0.3 is 0 Å². The lowest BCUT2D eigenvalue weighted by atomic mass is 10.2. The zero-order valence-electron chi connectivity index (χ0n) is 10.9. The number of nitrogen functional groups attached to an aromatic ring is 1. The molecule has 0 saturated carbocycles. The average Bonchev–Trinajstić information content (AvgIpc) is 2.45. The Kier molecular flexibility index (Phi) is 6.59. The smallest absolute Gasteiger partial charge is 0.130 e. The van der Waals surface area contributed by atoms with Gasteiger partial charge in [0.15, 0.2) is 0 Å². The van der Waals surface area contributed by atoms with E-state index in [1.807, 2.05) is 6.07 Å². The van der Waals surface area contributed by atoms with E-state index in [1.165, 1.54) is 19.1 Å². The standard InChI is InChI=1S/C7H5BrF2.C7H6BrN3/c1-4-6(9)2-5(8)3-7(4)10;8-11-7-2-1-5(4-9)3-6(7)10/h2-3H,1H3;1-3,11H,10H2. The summed E-state index contributed by atoms with van der Waals surface area (Å²) in [6, 6.07) is 9.51. The molecule has 0 bridgehead atoms. The number of benzene rings is 2. The second kappa shape index (κ2) is 7.96. The molecule has 0 saturated heterocycles. The summed E-state index contributed by atoms with van der Waals surface area (Å²) >= 11 is 6.01. The molecular formula is C14H11Br2F2N3. The van der Waals surface area contributed by atoms with E-state index in [-0.39, 0.29) is 5.56 Å². The SMILES string of the molecule is Cc1c(F)cc(Br)cc1F.N#Cc1ccc(NBr)c(N)c1. The first kappa shape index (κ1) is 17.4. The van der Waals surface area contributed by atoms with E-state index in [9.17, 15) is 8.78 Å². The summed E-state index contributed by atoms with van der Waals surface area (Å²) in [6.45, 7) is 1.40. The third-order valence-corrected chi connectivity index (χ3v) is 3.41. The summed E-state index contributed by atoms with van der Waals surface area (Å²) in [7, 11) is 0. The molecule has 2 aromatic carbocycles. The van der Waals surface area contributed by atoms with Gasteiger partial charge in [0.2, 0.25) is 0 Å². The lowest BCUT2D eigenvalue weighted by molar-refractivity contribution is 0.566. The van der Waals surface area contributed by atoms with Crippen molar-refractivity contribution in [1.82, 2.24) is 0 Å². The Balaban J connectivity index is 0.000000211. The fourth-order valence-electron chi connectivity index (χ4n) is 1.33. The summed E-state index contributed by atoms with van der Waals surface area (Å²) in [6.07, 6.45) is 0. The van der Waals surface area contributed by atoms with Crippen LogP contribution in [0.25, 0.3) is 0 Å². The van der Waals surface area contributed by atoms with Crippen molar-refractivity contribution in [3.63, 3.8) is 0 Å². The van der Waals surface area contributed by atoms with Crippen LogP contribution in [0.15, 0.2) is 34.8 Å². The number of nitriles is 1. The molecule has 0 atom stereocenters. The second-order valence-electron chi connectivity index (χ2n) is 4.00. The lowest BCUT2D eigenvalue weighted by Crippen LogP contribution is -1.91. The molecule has 21 heavy (non-hydrogen) atoms. The highest BCUT2D eigenvalue weighted by atomic mass is 79.9. The molecule has 0 spiro atoms. The Labute approximate surface area is 138 Å². The van der Waals surface area contributed by atoms with Crippen LogP contribution in [0, 0.1) is 29.9 Å². The van der Waals surface area contributed by atoms with Crippen LogP contribution in [0.4, 0.5) is 20.2 Å². The Hall–Kier alpha value is -1.65. The quantitative estimate of drug-likeness (QED) is 0.511. The number of nitrogens with zero attached hydrogens (tertiary/aromatic N) is 1. The van der Waals surface area contributed by atoms with E-state index in [4.69, 9.17) is 11.0 Å². The number of nitrogens with one attached hydrogen (secondary N) is 1. The Bertz CT molecular complexity index is 661. The number of nitrogens with two attached hydrogens (primary N) is 1. The van der Waals surface area contributed by atoms with Crippen LogP contribution in [-0.4, -0.2) is 0 Å². The molecule has 2 rings (SSSR count). The van der Waals surface area contributed by atoms with Crippen LogP contribution in [0.1, 0.15) is 11.1 Å². The third-order valence-electron chi connectivity index (χ3n) is 2.53. The van der Waals surface area contributed by atoms with E-state index in [0.717, 1.165) is 5.69 Å². The fraction of sp³-hybridized carbons (Fsp3) is 0.0714. The molecule has 0 aliphatic carbocycles. The van der Waals surface area contributed by atoms with Crippen molar-refractivity contribution in [3.8, 4) is 6.07 Å². The normalized spacial score (nSPS) is 9.33. The molecule has 0 aliphatic heterocycles. The molecule has 3 N–H and O–H groups in total. The zero-order valence-corrected chi connectivity index (χ0v) is 14.1. The van der Waals surface area contributed by atoms with Gasteiger partial charge in [-0.25, -0.2) is 8.78 Å². The fourth-order valence-corrected chi connectivity index (χ4v) is 2.10. The lowest BCUT2D eigenvalue weighted by Gasteiger charge is -2.01. The van der Waals surface area contributed by atoms with Gasteiger partial charge in [-0.15, -0.1) is 0 Å². The van der Waals surface area contributed by atoms with E-state index in [2.05, 4.69) is 36.4 Å². The highest BCUT2D eigenvalue weighted by Gasteiger charge is 2.03. The van der Waals surface area contributed by atoms with Crippen LogP contribution in [0.2, 0.25) is 0 Å². The van der Waals surface area contributed by atoms with Gasteiger partial charge in [-0.3, -0.25) is 0 Å². The summed E-state index contributed by atoms with van der Waals surface area (Å²) in [5.41, 5.74) is 7.51. The number of hydrogen-bond donors (Lipinski definition) is 2. The first-order chi connectivity index (χ1) is 9.88. The van der Waals surface area contributed by atoms with E-state index >= 15 is 0 Å². The van der Waals surface area contributed by atoms with Crippen molar-refractivity contribution in [2.45, 2.75) is 6.92 Å². The van der Waals surface area contributed by atoms with Crippen molar-refractivity contribution in [1.29, 1.82) is 5.26 Å². The maximum Gasteiger partial charge on any atom is 0.130 e. The molecule has 0 amide bonds. The second-order valence-corrected chi connectivity index (χ2v) is 5.31. The minimum atomic E-state index is -0.521. The molecule has 7 heteroatoms. The molecule has 2 aromatic rings. The first-order valence-corrected chi connectivity index (χ1v) is 7.25. The average molecular weight is 419 g/mol. The number of halogens is 4. The molecule has 0 unspecified atom stereocenters. The van der Waals surface area contributed by atoms with E-state index < -0.39 is 11.6 Å². The van der Waals surface area contributed by atoms with Crippen LogP contribution >= 0.6 is 32.1 Å². The molecule has 3 nitrogen and oxygen atoms in total. The topological polar surface area (TPSA) is 61.8 Å². The van der Waals surface area contributed by atoms with E-state index in [0.29, 0.717) is 15.7 Å².